The lowest BCUT2D eigenvalue weighted by molar-refractivity contribution is 0.969. The molecule has 2 nitrogen and oxygen atoms in total. The highest BCUT2D eigenvalue weighted by Gasteiger charge is 2.10. The first kappa shape index (κ1) is 10.2. The number of aromatic nitrogens is 1. The maximum Gasteiger partial charge on any atom is 0.0864 e. The van der Waals surface area contributed by atoms with Gasteiger partial charge in [-0.2, -0.15) is 0 Å². The van der Waals surface area contributed by atoms with Crippen LogP contribution in [-0.2, 0) is 6.42 Å². The minimum absolute atomic E-state index is 0.660. The van der Waals surface area contributed by atoms with E-state index in [-0.39, 0.29) is 0 Å². The van der Waals surface area contributed by atoms with Crippen LogP contribution in [0.1, 0.15) is 5.56 Å². The van der Waals surface area contributed by atoms with Gasteiger partial charge in [-0.1, -0.05) is 22.0 Å². The van der Waals surface area contributed by atoms with E-state index in [9.17, 15) is 0 Å². The molecule has 0 radical (unpaired) electrons. The first-order valence-corrected chi connectivity index (χ1v) is 5.97. The molecule has 14 heavy (non-hydrogen) atoms. The van der Waals surface area contributed by atoms with E-state index in [1.807, 2.05) is 12.1 Å². The molecule has 0 spiro atoms. The lowest BCUT2D eigenvalue weighted by Gasteiger charge is -1.99. The van der Waals surface area contributed by atoms with E-state index in [1.54, 1.807) is 0 Å². The summed E-state index contributed by atoms with van der Waals surface area (Å²) in [4.78, 5) is 3.28. The molecule has 0 bridgehead atoms. The Labute approximate surface area is 99.1 Å². The first-order valence-electron chi connectivity index (χ1n) is 4.38. The molecule has 0 unspecified atom stereocenters. The highest BCUT2D eigenvalue weighted by molar-refractivity contribution is 9.11. The second-order valence-electron chi connectivity index (χ2n) is 3.12. The Kier molecular flexibility index (Phi) is 2.95. The Hall–Kier alpha value is -0.320. The van der Waals surface area contributed by atoms with Gasteiger partial charge in [-0.3, -0.25) is 0 Å². The molecule has 0 atom stereocenters. The van der Waals surface area contributed by atoms with Gasteiger partial charge in [0.2, 0.25) is 0 Å². The van der Waals surface area contributed by atoms with E-state index in [4.69, 9.17) is 5.73 Å². The van der Waals surface area contributed by atoms with Crippen LogP contribution in [0, 0.1) is 0 Å². The van der Waals surface area contributed by atoms with Gasteiger partial charge in [-0.25, -0.2) is 0 Å². The van der Waals surface area contributed by atoms with Gasteiger partial charge in [0.05, 0.1) is 4.60 Å². The fourth-order valence-corrected chi connectivity index (χ4v) is 2.83. The summed E-state index contributed by atoms with van der Waals surface area (Å²) in [5.74, 6) is 0. The molecular weight excluding hydrogens is 308 g/mol. The average molecular weight is 318 g/mol. The van der Waals surface area contributed by atoms with Crippen LogP contribution in [0.4, 0.5) is 0 Å². The summed E-state index contributed by atoms with van der Waals surface area (Å²) in [5.41, 5.74) is 7.96. The van der Waals surface area contributed by atoms with E-state index >= 15 is 0 Å². The molecule has 0 saturated carbocycles. The molecule has 0 aliphatic carbocycles. The average Bonchev–Trinajstić information content (AvgIpc) is 2.45. The van der Waals surface area contributed by atoms with Crippen molar-refractivity contribution in [2.45, 2.75) is 6.42 Å². The van der Waals surface area contributed by atoms with Gasteiger partial charge < -0.3 is 10.7 Å². The van der Waals surface area contributed by atoms with Crippen molar-refractivity contribution in [1.29, 1.82) is 0 Å². The van der Waals surface area contributed by atoms with Crippen molar-refractivity contribution >= 4 is 42.8 Å². The maximum atomic E-state index is 5.58. The standard InChI is InChI=1S/C10H10Br2N2/c11-7-2-1-3-8-9(7)6(4-5-13)10(12)14-8/h1-3,14H,4-5,13H2. The fraction of sp³-hybridized carbons (Fsp3) is 0.200. The van der Waals surface area contributed by atoms with Crippen LogP contribution in [0.3, 0.4) is 0 Å². The van der Waals surface area contributed by atoms with Crippen molar-refractivity contribution in [1.82, 2.24) is 4.98 Å². The number of aromatic amines is 1. The van der Waals surface area contributed by atoms with Crippen LogP contribution in [0.5, 0.6) is 0 Å². The molecule has 74 valence electrons. The van der Waals surface area contributed by atoms with Crippen LogP contribution >= 0.6 is 31.9 Å². The van der Waals surface area contributed by atoms with Gasteiger partial charge in [-0.15, -0.1) is 0 Å². The summed E-state index contributed by atoms with van der Waals surface area (Å²) >= 11 is 7.06. The van der Waals surface area contributed by atoms with Crippen molar-refractivity contribution in [2.24, 2.45) is 5.73 Å². The van der Waals surface area contributed by atoms with Crippen LogP contribution < -0.4 is 5.73 Å². The van der Waals surface area contributed by atoms with Crippen LogP contribution in [0.15, 0.2) is 27.3 Å². The maximum absolute atomic E-state index is 5.58. The number of H-pyrrole nitrogens is 1. The highest BCUT2D eigenvalue weighted by atomic mass is 79.9. The molecule has 1 heterocycles. The lowest BCUT2D eigenvalue weighted by Crippen LogP contribution is -2.02. The Morgan fingerprint density at radius 2 is 2.07 bits per heavy atom. The third-order valence-electron chi connectivity index (χ3n) is 2.22. The molecule has 0 aliphatic heterocycles. The summed E-state index contributed by atoms with van der Waals surface area (Å²) in [6.45, 7) is 0.660. The zero-order valence-electron chi connectivity index (χ0n) is 7.48. The number of halogens is 2. The fourth-order valence-electron chi connectivity index (χ4n) is 1.62. The van der Waals surface area contributed by atoms with E-state index in [0.29, 0.717) is 6.54 Å². The van der Waals surface area contributed by atoms with E-state index < -0.39 is 0 Å². The van der Waals surface area contributed by atoms with E-state index in [1.165, 1.54) is 10.9 Å². The molecule has 2 rings (SSSR count). The number of fused-ring (bicyclic) bond motifs is 1. The minimum atomic E-state index is 0.660. The van der Waals surface area contributed by atoms with Crippen LogP contribution in [-0.4, -0.2) is 11.5 Å². The number of hydrogen-bond acceptors (Lipinski definition) is 1. The quantitative estimate of drug-likeness (QED) is 0.877. The predicted molar refractivity (Wildman–Crippen MR) is 66.5 cm³/mol. The number of nitrogens with two attached hydrogens (primary N) is 1. The predicted octanol–water partition coefficient (Wildman–Crippen LogP) is 3.19. The number of benzene rings is 1. The molecule has 0 aliphatic rings. The smallest absolute Gasteiger partial charge is 0.0864 e. The highest BCUT2D eigenvalue weighted by Crippen LogP contribution is 2.32. The van der Waals surface area contributed by atoms with Gasteiger partial charge in [0.15, 0.2) is 0 Å². The van der Waals surface area contributed by atoms with Gasteiger partial charge in [0.25, 0.3) is 0 Å². The Morgan fingerprint density at radius 1 is 1.29 bits per heavy atom. The summed E-state index contributed by atoms with van der Waals surface area (Å²) in [6, 6.07) is 6.12. The minimum Gasteiger partial charge on any atom is -0.349 e. The monoisotopic (exact) mass is 316 g/mol. The van der Waals surface area contributed by atoms with Crippen molar-refractivity contribution in [3.63, 3.8) is 0 Å². The molecular formula is C10H10Br2N2. The molecule has 3 N–H and O–H groups in total. The summed E-state index contributed by atoms with van der Waals surface area (Å²) in [7, 11) is 0. The van der Waals surface area contributed by atoms with Gasteiger partial charge in [0.1, 0.15) is 0 Å². The Bertz CT molecular complexity index is 462. The van der Waals surface area contributed by atoms with E-state index in [0.717, 1.165) is 21.0 Å². The summed E-state index contributed by atoms with van der Waals surface area (Å²) in [6.07, 6.45) is 0.878. The lowest BCUT2D eigenvalue weighted by atomic mass is 10.1. The van der Waals surface area contributed by atoms with Crippen molar-refractivity contribution in [3.8, 4) is 0 Å². The molecule has 1 aromatic heterocycles. The normalized spacial score (nSPS) is 11.1. The summed E-state index contributed by atoms with van der Waals surface area (Å²) in [5, 5.41) is 1.23. The van der Waals surface area contributed by atoms with Crippen molar-refractivity contribution in [2.75, 3.05) is 6.54 Å². The molecule has 2 aromatic rings. The molecule has 0 amide bonds. The first-order chi connectivity index (χ1) is 6.74. The number of rotatable bonds is 2. The number of hydrogen-bond donors (Lipinski definition) is 2. The second kappa shape index (κ2) is 4.04. The number of nitrogens with one attached hydrogen (secondary N) is 1. The Morgan fingerprint density at radius 3 is 2.79 bits per heavy atom. The topological polar surface area (TPSA) is 41.8 Å². The summed E-state index contributed by atoms with van der Waals surface area (Å²) < 4.78 is 2.14. The third kappa shape index (κ3) is 1.62. The molecule has 4 heteroatoms. The van der Waals surface area contributed by atoms with Crippen molar-refractivity contribution in [3.05, 3.63) is 32.8 Å². The Balaban J connectivity index is 2.73. The largest absolute Gasteiger partial charge is 0.349 e. The van der Waals surface area contributed by atoms with Gasteiger partial charge in [-0.05, 0) is 46.6 Å². The molecule has 0 fully saturated rings. The molecule has 1 aromatic carbocycles. The third-order valence-corrected chi connectivity index (χ3v) is 3.56. The van der Waals surface area contributed by atoms with Crippen LogP contribution in [0.25, 0.3) is 10.9 Å². The zero-order valence-corrected chi connectivity index (χ0v) is 10.7. The zero-order chi connectivity index (χ0) is 10.1. The van der Waals surface area contributed by atoms with Crippen LogP contribution in [0.2, 0.25) is 0 Å². The SMILES string of the molecule is NCCc1c(Br)[nH]c2cccc(Br)c12. The van der Waals surface area contributed by atoms with Crippen molar-refractivity contribution < 1.29 is 0 Å². The second-order valence-corrected chi connectivity index (χ2v) is 4.77. The van der Waals surface area contributed by atoms with Gasteiger partial charge >= 0.3 is 0 Å². The molecule has 0 saturated heterocycles. The van der Waals surface area contributed by atoms with E-state index in [2.05, 4.69) is 42.9 Å². The van der Waals surface area contributed by atoms with Gasteiger partial charge in [0, 0.05) is 15.4 Å².